The summed E-state index contributed by atoms with van der Waals surface area (Å²) in [5, 5.41) is 4.61. The number of benzene rings is 3. The van der Waals surface area contributed by atoms with E-state index in [1.54, 1.807) is 16.4 Å². The first kappa shape index (κ1) is 28.2. The topological polar surface area (TPSA) is 4.93 Å². The molecule has 0 fully saturated rings. The lowest BCUT2D eigenvalue weighted by molar-refractivity contribution is 0.549. The molecule has 0 bridgehead atoms. The van der Waals surface area contributed by atoms with Crippen LogP contribution in [0.4, 0.5) is 0 Å². The van der Waals surface area contributed by atoms with Crippen molar-refractivity contribution >= 4 is 23.8 Å². The first-order valence-electron chi connectivity index (χ1n) is 14.5. The lowest BCUT2D eigenvalue weighted by atomic mass is 9.86. The van der Waals surface area contributed by atoms with Gasteiger partial charge in [-0.25, -0.2) is 0 Å². The summed E-state index contributed by atoms with van der Waals surface area (Å²) in [6.45, 7) is 19.4. The molecule has 38 heavy (non-hydrogen) atoms. The van der Waals surface area contributed by atoms with Crippen LogP contribution in [0, 0.1) is 0 Å². The van der Waals surface area contributed by atoms with Crippen LogP contribution in [-0.2, 0) is 18.3 Å². The van der Waals surface area contributed by atoms with E-state index in [1.807, 2.05) is 0 Å². The predicted octanol–water partition coefficient (Wildman–Crippen LogP) is 7.95. The Labute approximate surface area is 233 Å². The summed E-state index contributed by atoms with van der Waals surface area (Å²) in [4.78, 5) is 0. The third-order valence-corrected chi connectivity index (χ3v) is 13.9. The van der Waals surface area contributed by atoms with Gasteiger partial charge in [-0.05, 0) is 51.5 Å². The van der Waals surface area contributed by atoms with Crippen LogP contribution in [0.5, 0.6) is 0 Å². The third kappa shape index (κ3) is 4.84. The minimum Gasteiger partial charge on any atom is -0.320 e. The molecule has 0 spiro atoms. The van der Waals surface area contributed by atoms with Crippen LogP contribution in [0.15, 0.2) is 91.0 Å². The van der Waals surface area contributed by atoms with Crippen LogP contribution in [0.2, 0.25) is 5.04 Å². The third-order valence-electron chi connectivity index (χ3n) is 8.00. The second-order valence-electron chi connectivity index (χ2n) is 12.8. The Morgan fingerprint density at radius 3 is 1.39 bits per heavy atom. The van der Waals surface area contributed by atoms with Gasteiger partial charge in [0.1, 0.15) is 0 Å². The smallest absolute Gasteiger partial charge is 0.174 e. The summed E-state index contributed by atoms with van der Waals surface area (Å²) in [5.74, 6) is 0. The Kier molecular flexibility index (Phi) is 8.23. The minimum absolute atomic E-state index is 0.00643. The number of rotatable bonds is 8. The van der Waals surface area contributed by atoms with E-state index in [0.717, 1.165) is 25.7 Å². The molecule has 0 saturated heterocycles. The zero-order valence-electron chi connectivity index (χ0n) is 24.9. The predicted molar refractivity (Wildman–Crippen MR) is 170 cm³/mol. The fourth-order valence-electron chi connectivity index (χ4n) is 6.76. The van der Waals surface area contributed by atoms with Crippen molar-refractivity contribution in [3.63, 3.8) is 0 Å². The van der Waals surface area contributed by atoms with E-state index < -0.39 is 8.07 Å². The average Bonchev–Trinajstić information content (AvgIpc) is 3.20. The highest BCUT2D eigenvalue weighted by Gasteiger charge is 2.53. The number of hydrogen-bond donors (Lipinski definition) is 0. The zero-order chi connectivity index (χ0) is 27.6. The van der Waals surface area contributed by atoms with Crippen molar-refractivity contribution in [2.45, 2.75) is 91.5 Å². The number of nitrogens with zero attached hydrogens (tertiary/aromatic N) is 1. The summed E-state index contributed by atoms with van der Waals surface area (Å²) < 4.78 is 2.74. The molecular weight excluding hydrogens is 474 g/mol. The maximum absolute atomic E-state index is 2.74. The van der Waals surface area contributed by atoms with Gasteiger partial charge in [0.2, 0.25) is 0 Å². The standard InChI is InChI=1S/C36H47NSi/c1-9-20-31-32(21-10-2)34(37(33(31)35(3,4)5)28-22-14-11-15-23-28)38(36(6,7)8,29-24-16-12-17-25-29)30-26-18-13-19-27-30/h11-19,22-27H,9-10,20-21H2,1-8H3. The molecule has 0 atom stereocenters. The van der Waals surface area contributed by atoms with Crippen LogP contribution in [-0.4, -0.2) is 12.6 Å². The minimum atomic E-state index is -2.59. The summed E-state index contributed by atoms with van der Waals surface area (Å²) in [7, 11) is -2.59. The van der Waals surface area contributed by atoms with Crippen molar-refractivity contribution in [3.05, 3.63) is 108 Å². The molecule has 200 valence electrons. The van der Waals surface area contributed by atoms with E-state index in [1.165, 1.54) is 21.8 Å². The van der Waals surface area contributed by atoms with E-state index in [4.69, 9.17) is 0 Å². The Morgan fingerprint density at radius 2 is 1.00 bits per heavy atom. The van der Waals surface area contributed by atoms with Gasteiger partial charge < -0.3 is 4.57 Å². The molecule has 1 heterocycles. The Bertz CT molecular complexity index is 1280. The fourth-order valence-corrected chi connectivity index (χ4v) is 12.8. The largest absolute Gasteiger partial charge is 0.320 e. The van der Waals surface area contributed by atoms with Crippen LogP contribution in [0.3, 0.4) is 0 Å². The van der Waals surface area contributed by atoms with Crippen LogP contribution in [0.25, 0.3) is 5.69 Å². The van der Waals surface area contributed by atoms with Gasteiger partial charge in [0.15, 0.2) is 8.07 Å². The van der Waals surface area contributed by atoms with Crippen molar-refractivity contribution in [3.8, 4) is 5.69 Å². The normalized spacial score (nSPS) is 12.6. The van der Waals surface area contributed by atoms with Crippen LogP contribution < -0.4 is 15.7 Å². The Hall–Kier alpha value is -2.84. The molecule has 4 rings (SSSR count). The molecular formula is C36H47NSi. The van der Waals surface area contributed by atoms with Gasteiger partial charge in [-0.2, -0.15) is 0 Å². The highest BCUT2D eigenvalue weighted by molar-refractivity contribution is 7.13. The molecule has 4 aromatic rings. The van der Waals surface area contributed by atoms with Gasteiger partial charge in [0.05, 0.1) is 0 Å². The molecule has 0 saturated carbocycles. The quantitative estimate of drug-likeness (QED) is 0.207. The molecule has 0 aliphatic carbocycles. The Morgan fingerprint density at radius 1 is 0.579 bits per heavy atom. The second-order valence-corrected chi connectivity index (χ2v) is 17.4. The number of aromatic nitrogens is 1. The number of hydrogen-bond acceptors (Lipinski definition) is 0. The lowest BCUT2D eigenvalue weighted by Gasteiger charge is -2.45. The molecule has 1 nitrogen and oxygen atoms in total. The van der Waals surface area contributed by atoms with Gasteiger partial charge >= 0.3 is 0 Å². The molecule has 1 aromatic heterocycles. The average molecular weight is 522 g/mol. The van der Waals surface area contributed by atoms with Gasteiger partial charge in [0, 0.05) is 22.1 Å². The zero-order valence-corrected chi connectivity index (χ0v) is 25.9. The molecule has 0 unspecified atom stereocenters. The second kappa shape index (κ2) is 11.1. The molecule has 2 heteroatoms. The van der Waals surface area contributed by atoms with Crippen molar-refractivity contribution < 1.29 is 0 Å². The van der Waals surface area contributed by atoms with E-state index in [0.29, 0.717) is 0 Å². The first-order valence-corrected chi connectivity index (χ1v) is 16.5. The summed E-state index contributed by atoms with van der Waals surface area (Å²) in [6, 6.07) is 34.2. The Balaban J connectivity index is 2.36. The van der Waals surface area contributed by atoms with Gasteiger partial charge in [-0.15, -0.1) is 0 Å². The van der Waals surface area contributed by atoms with Crippen molar-refractivity contribution in [2.75, 3.05) is 0 Å². The fraction of sp³-hybridized carbons (Fsp3) is 0.389. The summed E-state index contributed by atoms with van der Waals surface area (Å²) >= 11 is 0. The van der Waals surface area contributed by atoms with E-state index in [9.17, 15) is 0 Å². The molecule has 0 radical (unpaired) electrons. The van der Waals surface area contributed by atoms with Crippen LogP contribution >= 0.6 is 0 Å². The van der Waals surface area contributed by atoms with E-state index in [2.05, 4.69) is 151 Å². The molecule has 0 amide bonds. The lowest BCUT2D eigenvalue weighted by Crippen LogP contribution is -2.74. The highest BCUT2D eigenvalue weighted by atomic mass is 28.3. The van der Waals surface area contributed by atoms with Crippen LogP contribution in [0.1, 0.15) is 85.1 Å². The first-order chi connectivity index (χ1) is 18.1. The van der Waals surface area contributed by atoms with Crippen molar-refractivity contribution in [2.24, 2.45) is 0 Å². The van der Waals surface area contributed by atoms with Crippen molar-refractivity contribution in [1.29, 1.82) is 0 Å². The monoisotopic (exact) mass is 521 g/mol. The van der Waals surface area contributed by atoms with E-state index >= 15 is 0 Å². The SMILES string of the molecule is CCCc1c(CCC)c([Si](c2ccccc2)(c2ccccc2)C(C)(C)C)n(-c2ccccc2)c1C(C)(C)C. The van der Waals surface area contributed by atoms with Gasteiger partial charge in [0.25, 0.3) is 0 Å². The molecule has 0 aliphatic heterocycles. The maximum Gasteiger partial charge on any atom is 0.174 e. The van der Waals surface area contributed by atoms with Crippen molar-refractivity contribution in [1.82, 2.24) is 4.57 Å². The molecule has 0 aliphatic rings. The van der Waals surface area contributed by atoms with Gasteiger partial charge in [-0.3, -0.25) is 0 Å². The van der Waals surface area contributed by atoms with Gasteiger partial charge in [-0.1, -0.05) is 147 Å². The molecule has 0 N–H and O–H groups in total. The summed E-state index contributed by atoms with van der Waals surface area (Å²) in [5.41, 5.74) is 6.00. The highest BCUT2D eigenvalue weighted by Crippen LogP contribution is 2.41. The maximum atomic E-state index is 2.74. The summed E-state index contributed by atoms with van der Waals surface area (Å²) in [6.07, 6.45) is 4.52. The van der Waals surface area contributed by atoms with E-state index in [-0.39, 0.29) is 10.5 Å². The number of para-hydroxylation sites is 1. The molecule has 3 aromatic carbocycles.